The molecule has 0 saturated heterocycles. The SMILES string of the molecule is CC(C)OC(=O)[C@@]1(OC(=O)C(Cl)Cl)CC[C@H]2[C@@H]3CCC4=CC(=O)CC[C@]4(C)[C@H]3C(=O)C[C@@]21C. The fourth-order valence-corrected chi connectivity index (χ4v) is 7.53. The minimum absolute atomic E-state index is 0.00665. The minimum atomic E-state index is -1.61. The maximum Gasteiger partial charge on any atom is 0.351 e. The second-order valence-corrected chi connectivity index (χ2v) is 12.0. The summed E-state index contributed by atoms with van der Waals surface area (Å²) >= 11 is 11.6. The van der Waals surface area contributed by atoms with Gasteiger partial charge >= 0.3 is 11.9 Å². The summed E-state index contributed by atoms with van der Waals surface area (Å²) in [7, 11) is 0. The Hall–Kier alpha value is -1.40. The number of hydrogen-bond donors (Lipinski definition) is 0. The molecule has 3 saturated carbocycles. The van der Waals surface area contributed by atoms with Crippen LogP contribution in [-0.2, 0) is 28.7 Å². The van der Waals surface area contributed by atoms with Crippen LogP contribution in [0.3, 0.4) is 0 Å². The van der Waals surface area contributed by atoms with Crippen molar-refractivity contribution in [2.45, 2.75) is 89.2 Å². The third-order valence-corrected chi connectivity index (χ3v) is 9.26. The van der Waals surface area contributed by atoms with E-state index in [-0.39, 0.29) is 47.6 Å². The summed E-state index contributed by atoms with van der Waals surface area (Å²) in [6.45, 7) is 7.46. The quantitative estimate of drug-likeness (QED) is 0.411. The fraction of sp³-hybridized carbons (Fsp3) is 0.760. The highest BCUT2D eigenvalue weighted by Crippen LogP contribution is 2.67. The standard InChI is InChI=1S/C25H32Cl2O6/c1-13(2)32-22(31)25(33-21(30)20(26)27)10-8-17-16-6-5-14-11-15(28)7-9-23(14,3)19(16)18(29)12-24(17,25)4/h11,13,16-17,19-20H,5-10,12H2,1-4H3/t16-,17-,19+,23-,24-,25-/m0/s1. The zero-order valence-corrected chi connectivity index (χ0v) is 21.1. The number of Topliss-reactive ketones (excluding diaryl/α,β-unsaturated/α-hetero) is 1. The van der Waals surface area contributed by atoms with Crippen molar-refractivity contribution in [1.82, 2.24) is 0 Å². The molecule has 0 aromatic carbocycles. The zero-order chi connectivity index (χ0) is 24.3. The molecule has 4 aliphatic rings. The summed E-state index contributed by atoms with van der Waals surface area (Å²) in [5.41, 5.74) is -1.79. The Balaban J connectivity index is 1.75. The maximum atomic E-state index is 13.8. The highest BCUT2D eigenvalue weighted by Gasteiger charge is 2.71. The average molecular weight is 499 g/mol. The second kappa shape index (κ2) is 8.37. The van der Waals surface area contributed by atoms with E-state index < -0.39 is 33.9 Å². The number of rotatable bonds is 4. The monoisotopic (exact) mass is 498 g/mol. The van der Waals surface area contributed by atoms with Crippen molar-refractivity contribution in [3.63, 3.8) is 0 Å². The molecule has 0 aromatic heterocycles. The first-order valence-electron chi connectivity index (χ1n) is 11.8. The smallest absolute Gasteiger partial charge is 0.351 e. The van der Waals surface area contributed by atoms with Crippen LogP contribution in [0, 0.1) is 28.6 Å². The number of fused-ring (bicyclic) bond motifs is 5. The minimum Gasteiger partial charge on any atom is -0.460 e. The molecule has 6 nitrogen and oxygen atoms in total. The number of hydrogen-bond acceptors (Lipinski definition) is 6. The van der Waals surface area contributed by atoms with Gasteiger partial charge in [0.1, 0.15) is 5.78 Å². The first-order valence-corrected chi connectivity index (χ1v) is 12.7. The van der Waals surface area contributed by atoms with Crippen LogP contribution in [0.1, 0.15) is 72.6 Å². The van der Waals surface area contributed by atoms with E-state index in [0.29, 0.717) is 19.3 Å². The molecule has 0 N–H and O–H groups in total. The van der Waals surface area contributed by atoms with E-state index in [1.165, 1.54) is 0 Å². The predicted molar refractivity (Wildman–Crippen MR) is 123 cm³/mol. The number of alkyl halides is 2. The molecule has 6 atom stereocenters. The summed E-state index contributed by atoms with van der Waals surface area (Å²) < 4.78 is 11.3. The van der Waals surface area contributed by atoms with Crippen molar-refractivity contribution in [3.8, 4) is 0 Å². The Morgan fingerprint density at radius 3 is 2.42 bits per heavy atom. The van der Waals surface area contributed by atoms with Gasteiger partial charge in [0.15, 0.2) is 5.78 Å². The summed E-state index contributed by atoms with van der Waals surface area (Å²) in [5.74, 6) is -1.51. The first-order chi connectivity index (χ1) is 15.4. The Bertz CT molecular complexity index is 926. The van der Waals surface area contributed by atoms with Gasteiger partial charge in [0.2, 0.25) is 10.4 Å². The van der Waals surface area contributed by atoms with Crippen molar-refractivity contribution in [2.75, 3.05) is 0 Å². The molecule has 0 heterocycles. The third-order valence-electron chi connectivity index (χ3n) is 8.90. The highest BCUT2D eigenvalue weighted by molar-refractivity contribution is 6.53. The number of allylic oxidation sites excluding steroid dienone is 1. The van der Waals surface area contributed by atoms with Gasteiger partial charge < -0.3 is 9.47 Å². The molecule has 0 radical (unpaired) electrons. The lowest BCUT2D eigenvalue weighted by Gasteiger charge is -2.57. The number of ketones is 2. The number of ether oxygens (including phenoxy) is 2. The summed E-state index contributed by atoms with van der Waals surface area (Å²) in [6, 6.07) is 0. The Kier molecular flexibility index (Phi) is 6.27. The Morgan fingerprint density at radius 1 is 1.09 bits per heavy atom. The van der Waals surface area contributed by atoms with Crippen LogP contribution in [-0.4, -0.2) is 40.0 Å². The van der Waals surface area contributed by atoms with Crippen LogP contribution >= 0.6 is 23.2 Å². The predicted octanol–water partition coefficient (Wildman–Crippen LogP) is 4.73. The second-order valence-electron chi connectivity index (χ2n) is 10.9. The number of carbonyl (C=O) groups is 4. The van der Waals surface area contributed by atoms with Gasteiger partial charge in [0.25, 0.3) is 0 Å². The van der Waals surface area contributed by atoms with Gasteiger partial charge in [-0.2, -0.15) is 0 Å². The number of esters is 2. The molecule has 33 heavy (non-hydrogen) atoms. The zero-order valence-electron chi connectivity index (χ0n) is 19.6. The van der Waals surface area contributed by atoms with Gasteiger partial charge in [-0.1, -0.05) is 42.6 Å². The van der Waals surface area contributed by atoms with E-state index >= 15 is 0 Å². The van der Waals surface area contributed by atoms with Gasteiger partial charge in [-0.25, -0.2) is 9.59 Å². The van der Waals surface area contributed by atoms with Crippen molar-refractivity contribution in [1.29, 1.82) is 0 Å². The molecule has 0 aliphatic heterocycles. The lowest BCUT2D eigenvalue weighted by atomic mass is 9.46. The van der Waals surface area contributed by atoms with Gasteiger partial charge in [0.05, 0.1) is 6.10 Å². The van der Waals surface area contributed by atoms with Crippen molar-refractivity contribution in [2.24, 2.45) is 28.6 Å². The fourth-order valence-electron chi connectivity index (χ4n) is 7.44. The van der Waals surface area contributed by atoms with Crippen molar-refractivity contribution < 1.29 is 28.7 Å². The van der Waals surface area contributed by atoms with E-state index in [1.807, 2.05) is 6.92 Å². The van der Waals surface area contributed by atoms with Crippen LogP contribution < -0.4 is 0 Å². The number of carbonyl (C=O) groups excluding carboxylic acids is 4. The van der Waals surface area contributed by atoms with E-state index in [4.69, 9.17) is 32.7 Å². The molecule has 0 bridgehead atoms. The molecule has 0 aromatic rings. The van der Waals surface area contributed by atoms with E-state index in [0.717, 1.165) is 18.4 Å². The van der Waals surface area contributed by atoms with Gasteiger partial charge in [0, 0.05) is 24.2 Å². The summed E-state index contributed by atoms with van der Waals surface area (Å²) in [5, 5.41) is 0. The lowest BCUT2D eigenvalue weighted by molar-refractivity contribution is -0.206. The molecular formula is C25H32Cl2O6. The Labute approximate surface area is 204 Å². The van der Waals surface area contributed by atoms with Gasteiger partial charge in [-0.3, -0.25) is 9.59 Å². The third kappa shape index (κ3) is 3.67. The van der Waals surface area contributed by atoms with E-state index in [9.17, 15) is 19.2 Å². The van der Waals surface area contributed by atoms with Crippen LogP contribution in [0.2, 0.25) is 0 Å². The summed E-state index contributed by atoms with van der Waals surface area (Å²) in [4.78, 5) is 50.4. The molecule has 8 heteroatoms. The average Bonchev–Trinajstić information content (AvgIpc) is 3.00. The van der Waals surface area contributed by atoms with Crippen molar-refractivity contribution in [3.05, 3.63) is 11.6 Å². The van der Waals surface area contributed by atoms with E-state index in [1.54, 1.807) is 19.9 Å². The first kappa shape index (κ1) is 24.7. The molecule has 4 rings (SSSR count). The molecule has 0 spiro atoms. The van der Waals surface area contributed by atoms with Gasteiger partial charge in [-0.05, 0) is 69.3 Å². The molecule has 182 valence electrons. The normalized spacial score (nSPS) is 40.1. The van der Waals surface area contributed by atoms with Crippen LogP contribution in [0.5, 0.6) is 0 Å². The van der Waals surface area contributed by atoms with Crippen molar-refractivity contribution >= 4 is 46.7 Å². The van der Waals surface area contributed by atoms with Crippen LogP contribution in [0.25, 0.3) is 0 Å². The van der Waals surface area contributed by atoms with Gasteiger partial charge in [-0.15, -0.1) is 0 Å². The molecular weight excluding hydrogens is 467 g/mol. The largest absolute Gasteiger partial charge is 0.460 e. The molecule has 0 unspecified atom stereocenters. The number of halogens is 2. The Morgan fingerprint density at radius 2 is 1.79 bits per heavy atom. The molecule has 0 amide bonds. The topological polar surface area (TPSA) is 86.7 Å². The van der Waals surface area contributed by atoms with Crippen LogP contribution in [0.15, 0.2) is 11.6 Å². The van der Waals surface area contributed by atoms with E-state index in [2.05, 4.69) is 6.92 Å². The maximum absolute atomic E-state index is 13.8. The van der Waals surface area contributed by atoms with Crippen LogP contribution in [0.4, 0.5) is 0 Å². The molecule has 4 aliphatic carbocycles. The highest BCUT2D eigenvalue weighted by atomic mass is 35.5. The summed E-state index contributed by atoms with van der Waals surface area (Å²) in [6.07, 6.45) is 4.99. The lowest BCUT2D eigenvalue weighted by Crippen LogP contribution is -2.62. The molecule has 3 fully saturated rings.